The summed E-state index contributed by atoms with van der Waals surface area (Å²) in [5, 5.41) is 3.37. The van der Waals surface area contributed by atoms with Crippen LogP contribution in [0.5, 0.6) is 5.75 Å². The molecule has 0 radical (unpaired) electrons. The topological polar surface area (TPSA) is 46.1 Å². The fourth-order valence-corrected chi connectivity index (χ4v) is 2.87. The third-order valence-corrected chi connectivity index (χ3v) is 4.01. The summed E-state index contributed by atoms with van der Waals surface area (Å²) in [5.74, 6) is 2.43. The maximum absolute atomic E-state index is 5.46. The van der Waals surface area contributed by atoms with Gasteiger partial charge in [0.1, 0.15) is 5.75 Å². The quantitative estimate of drug-likeness (QED) is 0.414. The fourth-order valence-electron chi connectivity index (χ4n) is 2.87. The lowest BCUT2D eigenvalue weighted by atomic mass is 10.1. The summed E-state index contributed by atoms with van der Waals surface area (Å²) in [4.78, 5) is 6.98. The van der Waals surface area contributed by atoms with Crippen molar-refractivity contribution in [1.29, 1.82) is 0 Å². The van der Waals surface area contributed by atoms with Crippen LogP contribution < -0.4 is 10.1 Å². The Morgan fingerprint density at radius 3 is 2.83 bits per heavy atom. The van der Waals surface area contributed by atoms with Crippen molar-refractivity contribution in [1.82, 2.24) is 10.2 Å². The van der Waals surface area contributed by atoms with Crippen LogP contribution in [-0.2, 0) is 11.3 Å². The molecule has 1 N–H and O–H groups in total. The average molecular weight is 447 g/mol. The first kappa shape index (κ1) is 21.0. The Labute approximate surface area is 162 Å². The Balaban J connectivity index is 0.00000288. The van der Waals surface area contributed by atoms with Gasteiger partial charge >= 0.3 is 0 Å². The molecule has 2 rings (SSSR count). The van der Waals surface area contributed by atoms with Crippen molar-refractivity contribution in [2.24, 2.45) is 10.9 Å². The number of nitrogens with one attached hydrogen (secondary N) is 1. The molecular weight excluding hydrogens is 417 g/mol. The number of ether oxygens (including phenoxy) is 2. The second kappa shape index (κ2) is 10.8. The minimum Gasteiger partial charge on any atom is -0.497 e. The predicted molar refractivity (Wildman–Crippen MR) is 110 cm³/mol. The number of guanidine groups is 1. The van der Waals surface area contributed by atoms with Crippen molar-refractivity contribution in [2.75, 3.05) is 40.5 Å². The summed E-state index contributed by atoms with van der Waals surface area (Å²) in [6.07, 6.45) is 1.14. The van der Waals surface area contributed by atoms with Gasteiger partial charge in [-0.2, -0.15) is 0 Å². The molecule has 136 valence electrons. The Bertz CT molecular complexity index is 531. The number of nitrogens with zero attached hydrogens (tertiary/aromatic N) is 2. The standard InChI is InChI=1S/C18H29N3O2.HI/c1-5-19-18(21(3)12-15-6-7-23-13-15)20-11-16-8-14(2)9-17(10-16)22-4;/h8-10,15H,5-7,11-13H2,1-4H3,(H,19,20);1H. The molecule has 1 aliphatic heterocycles. The molecule has 0 amide bonds. The molecule has 5 nitrogen and oxygen atoms in total. The summed E-state index contributed by atoms with van der Waals surface area (Å²) in [7, 11) is 3.79. The molecule has 0 saturated carbocycles. The second-order valence-electron chi connectivity index (χ2n) is 6.14. The molecule has 1 saturated heterocycles. The van der Waals surface area contributed by atoms with Crippen molar-refractivity contribution in [3.05, 3.63) is 29.3 Å². The molecule has 1 aliphatic rings. The van der Waals surface area contributed by atoms with Crippen LogP contribution in [0.15, 0.2) is 23.2 Å². The maximum Gasteiger partial charge on any atom is 0.193 e. The molecule has 6 heteroatoms. The Hall–Kier alpha value is -1.02. The van der Waals surface area contributed by atoms with E-state index in [9.17, 15) is 0 Å². The van der Waals surface area contributed by atoms with Gasteiger partial charge in [0.05, 0.1) is 20.3 Å². The first-order valence-electron chi connectivity index (χ1n) is 8.34. The molecule has 0 spiro atoms. The lowest BCUT2D eigenvalue weighted by molar-refractivity contribution is 0.181. The zero-order chi connectivity index (χ0) is 16.7. The molecule has 1 unspecified atom stereocenters. The monoisotopic (exact) mass is 447 g/mol. The fraction of sp³-hybridized carbons (Fsp3) is 0.611. The number of aryl methyl sites for hydroxylation is 1. The normalized spacial score (nSPS) is 17.3. The van der Waals surface area contributed by atoms with Crippen molar-refractivity contribution in [2.45, 2.75) is 26.8 Å². The summed E-state index contributed by atoms with van der Waals surface area (Å²) in [5.41, 5.74) is 2.35. The number of methoxy groups -OCH3 is 1. The zero-order valence-corrected chi connectivity index (χ0v) is 17.5. The Morgan fingerprint density at radius 1 is 1.42 bits per heavy atom. The molecule has 1 heterocycles. The van der Waals surface area contributed by atoms with Crippen LogP contribution in [0, 0.1) is 12.8 Å². The lowest BCUT2D eigenvalue weighted by Gasteiger charge is -2.24. The van der Waals surface area contributed by atoms with Crippen LogP contribution in [0.1, 0.15) is 24.5 Å². The SMILES string of the molecule is CCNC(=NCc1cc(C)cc(OC)c1)N(C)CC1CCOC1.I. The van der Waals surface area contributed by atoms with Crippen LogP contribution in [0.4, 0.5) is 0 Å². The molecule has 0 aromatic heterocycles. The Kier molecular flexibility index (Phi) is 9.43. The van der Waals surface area contributed by atoms with E-state index in [2.05, 4.69) is 37.2 Å². The number of aliphatic imine (C=N–C) groups is 1. The number of hydrogen-bond acceptors (Lipinski definition) is 3. The van der Waals surface area contributed by atoms with Gasteiger partial charge in [0.25, 0.3) is 0 Å². The predicted octanol–water partition coefficient (Wildman–Crippen LogP) is 3.06. The number of benzene rings is 1. The molecule has 24 heavy (non-hydrogen) atoms. The number of hydrogen-bond donors (Lipinski definition) is 1. The van der Waals surface area contributed by atoms with E-state index in [0.717, 1.165) is 50.0 Å². The minimum atomic E-state index is 0. The van der Waals surface area contributed by atoms with Gasteiger partial charge in [0.15, 0.2) is 5.96 Å². The highest BCUT2D eigenvalue weighted by molar-refractivity contribution is 14.0. The van der Waals surface area contributed by atoms with E-state index in [4.69, 9.17) is 14.5 Å². The van der Waals surface area contributed by atoms with Gasteiger partial charge < -0.3 is 19.7 Å². The van der Waals surface area contributed by atoms with Gasteiger partial charge in [-0.25, -0.2) is 4.99 Å². The lowest BCUT2D eigenvalue weighted by Crippen LogP contribution is -2.41. The van der Waals surface area contributed by atoms with E-state index < -0.39 is 0 Å². The highest BCUT2D eigenvalue weighted by Gasteiger charge is 2.19. The summed E-state index contributed by atoms with van der Waals surface area (Å²) in [6.45, 7) is 8.40. The van der Waals surface area contributed by atoms with Crippen LogP contribution in [0.3, 0.4) is 0 Å². The van der Waals surface area contributed by atoms with Gasteiger partial charge in [-0.15, -0.1) is 24.0 Å². The van der Waals surface area contributed by atoms with Crippen molar-refractivity contribution in [3.63, 3.8) is 0 Å². The summed E-state index contributed by atoms with van der Waals surface area (Å²) < 4.78 is 10.8. The summed E-state index contributed by atoms with van der Waals surface area (Å²) in [6, 6.07) is 6.23. The molecule has 1 aromatic rings. The van der Waals surface area contributed by atoms with E-state index in [1.807, 2.05) is 12.1 Å². The van der Waals surface area contributed by atoms with Gasteiger partial charge in [-0.1, -0.05) is 6.07 Å². The van der Waals surface area contributed by atoms with Crippen LogP contribution in [-0.4, -0.2) is 51.3 Å². The molecule has 0 bridgehead atoms. The average Bonchev–Trinajstić information content (AvgIpc) is 3.03. The van der Waals surface area contributed by atoms with Crippen molar-refractivity contribution in [3.8, 4) is 5.75 Å². The highest BCUT2D eigenvalue weighted by atomic mass is 127. The van der Waals surface area contributed by atoms with E-state index in [1.165, 1.54) is 5.56 Å². The maximum atomic E-state index is 5.46. The van der Waals surface area contributed by atoms with Crippen molar-refractivity contribution < 1.29 is 9.47 Å². The molecule has 1 aromatic carbocycles. The largest absolute Gasteiger partial charge is 0.497 e. The van der Waals surface area contributed by atoms with Crippen LogP contribution >= 0.6 is 24.0 Å². The Morgan fingerprint density at radius 2 is 2.21 bits per heavy atom. The highest BCUT2D eigenvalue weighted by Crippen LogP contribution is 2.17. The second-order valence-corrected chi connectivity index (χ2v) is 6.14. The molecule has 1 fully saturated rings. The molecule has 0 aliphatic carbocycles. The third kappa shape index (κ3) is 6.47. The van der Waals surface area contributed by atoms with Gasteiger partial charge in [-0.3, -0.25) is 0 Å². The van der Waals surface area contributed by atoms with Crippen LogP contribution in [0.25, 0.3) is 0 Å². The third-order valence-electron chi connectivity index (χ3n) is 4.01. The molecule has 1 atom stereocenters. The van der Waals surface area contributed by atoms with E-state index in [0.29, 0.717) is 12.5 Å². The first-order valence-corrected chi connectivity index (χ1v) is 8.34. The first-order chi connectivity index (χ1) is 11.1. The molecular formula is C18H30IN3O2. The van der Waals surface area contributed by atoms with E-state index in [-0.39, 0.29) is 24.0 Å². The van der Waals surface area contributed by atoms with Crippen LogP contribution in [0.2, 0.25) is 0 Å². The van der Waals surface area contributed by atoms with Gasteiger partial charge in [-0.05, 0) is 43.5 Å². The number of rotatable bonds is 6. The number of halogens is 1. The van der Waals surface area contributed by atoms with Gasteiger partial charge in [0, 0.05) is 32.7 Å². The minimum absolute atomic E-state index is 0. The van der Waals surface area contributed by atoms with Gasteiger partial charge in [0.2, 0.25) is 0 Å². The zero-order valence-electron chi connectivity index (χ0n) is 15.2. The van der Waals surface area contributed by atoms with E-state index >= 15 is 0 Å². The summed E-state index contributed by atoms with van der Waals surface area (Å²) >= 11 is 0. The van der Waals surface area contributed by atoms with E-state index in [1.54, 1.807) is 7.11 Å². The van der Waals surface area contributed by atoms with Crippen molar-refractivity contribution >= 4 is 29.9 Å². The smallest absolute Gasteiger partial charge is 0.193 e.